The van der Waals surface area contributed by atoms with E-state index in [9.17, 15) is 4.79 Å². The van der Waals surface area contributed by atoms with E-state index in [-0.39, 0.29) is 17.0 Å². The molecule has 0 saturated carbocycles. The molecule has 22 heavy (non-hydrogen) atoms. The highest BCUT2D eigenvalue weighted by molar-refractivity contribution is 6.33. The smallest absolute Gasteiger partial charge is 0.250 e. The number of primary amides is 1. The number of anilines is 1. The second-order valence-corrected chi connectivity index (χ2v) is 6.64. The Bertz CT molecular complexity index is 689. The zero-order valence-corrected chi connectivity index (χ0v) is 13.9. The van der Waals surface area contributed by atoms with Crippen molar-refractivity contribution in [2.45, 2.75) is 39.2 Å². The number of hydrogen-bond donors (Lipinski definition) is 2. The first kappa shape index (κ1) is 16.4. The number of nitrogens with zero attached hydrogens (tertiary/aromatic N) is 1. The van der Waals surface area contributed by atoms with Crippen molar-refractivity contribution in [2.24, 2.45) is 5.73 Å². The second-order valence-electron chi connectivity index (χ2n) is 6.24. The summed E-state index contributed by atoms with van der Waals surface area (Å²) in [7, 11) is 0. The summed E-state index contributed by atoms with van der Waals surface area (Å²) >= 11 is 5.94. The molecule has 2 aromatic rings. The maximum atomic E-state index is 11.3. The lowest BCUT2D eigenvalue weighted by Gasteiger charge is -2.15. The predicted octanol–water partition coefficient (Wildman–Crippen LogP) is 3.90. The van der Waals surface area contributed by atoms with Crippen molar-refractivity contribution >= 4 is 23.2 Å². The van der Waals surface area contributed by atoms with Gasteiger partial charge in [-0.15, -0.1) is 0 Å². The van der Waals surface area contributed by atoms with Crippen LogP contribution in [0.3, 0.4) is 0 Å². The molecule has 0 aliphatic rings. The van der Waals surface area contributed by atoms with Gasteiger partial charge in [0, 0.05) is 11.1 Å². The van der Waals surface area contributed by atoms with Crippen LogP contribution in [-0.4, -0.2) is 10.9 Å². The van der Waals surface area contributed by atoms with Gasteiger partial charge in [-0.1, -0.05) is 32.4 Å². The van der Waals surface area contributed by atoms with E-state index in [0.29, 0.717) is 10.9 Å². The van der Waals surface area contributed by atoms with E-state index in [0.717, 1.165) is 11.4 Å². The number of hydrogen-bond acceptors (Lipinski definition) is 4. The van der Waals surface area contributed by atoms with Gasteiger partial charge in [-0.25, -0.2) is 4.98 Å². The fourth-order valence-corrected chi connectivity index (χ4v) is 2.16. The molecule has 1 amide bonds. The standard InChI is InChI=1S/C16H20ClN3O2/c1-9(15-19-8-13(22-15)16(2,3)4)20-10-5-6-12(17)11(7-10)14(18)21/h5-9,20H,1-4H3,(H2,18,21). The van der Waals surface area contributed by atoms with Crippen LogP contribution < -0.4 is 11.1 Å². The SMILES string of the molecule is CC(Nc1ccc(Cl)c(C(N)=O)c1)c1ncc(C(C)(C)C)o1. The molecule has 6 heteroatoms. The molecule has 0 fully saturated rings. The number of amides is 1. The van der Waals surface area contributed by atoms with E-state index in [2.05, 4.69) is 31.1 Å². The molecular weight excluding hydrogens is 302 g/mol. The van der Waals surface area contributed by atoms with Crippen LogP contribution in [0.15, 0.2) is 28.8 Å². The number of nitrogens with two attached hydrogens (primary N) is 1. The highest BCUT2D eigenvalue weighted by Crippen LogP contribution is 2.27. The van der Waals surface area contributed by atoms with Crippen LogP contribution >= 0.6 is 11.6 Å². The van der Waals surface area contributed by atoms with Crippen molar-refractivity contribution in [1.29, 1.82) is 0 Å². The van der Waals surface area contributed by atoms with Gasteiger partial charge in [0.1, 0.15) is 11.8 Å². The van der Waals surface area contributed by atoms with E-state index < -0.39 is 5.91 Å². The molecule has 5 nitrogen and oxygen atoms in total. The third kappa shape index (κ3) is 3.60. The number of carbonyl (C=O) groups excluding carboxylic acids is 1. The third-order valence-electron chi connectivity index (χ3n) is 3.25. The molecule has 1 aromatic carbocycles. The summed E-state index contributed by atoms with van der Waals surface area (Å²) in [6.07, 6.45) is 1.74. The maximum Gasteiger partial charge on any atom is 0.250 e. The average molecular weight is 322 g/mol. The van der Waals surface area contributed by atoms with Crippen molar-refractivity contribution in [2.75, 3.05) is 5.32 Å². The lowest BCUT2D eigenvalue weighted by molar-refractivity contribution is 0.100. The minimum Gasteiger partial charge on any atom is -0.443 e. The van der Waals surface area contributed by atoms with Gasteiger partial charge in [0.05, 0.1) is 16.8 Å². The normalized spacial score (nSPS) is 13.0. The van der Waals surface area contributed by atoms with Crippen LogP contribution in [0.1, 0.15) is 55.7 Å². The fraction of sp³-hybridized carbons (Fsp3) is 0.375. The van der Waals surface area contributed by atoms with Crippen molar-refractivity contribution < 1.29 is 9.21 Å². The summed E-state index contributed by atoms with van der Waals surface area (Å²) in [6.45, 7) is 8.12. The number of nitrogens with one attached hydrogen (secondary N) is 1. The lowest BCUT2D eigenvalue weighted by Crippen LogP contribution is -2.13. The molecule has 0 bridgehead atoms. The zero-order valence-electron chi connectivity index (χ0n) is 13.1. The summed E-state index contributed by atoms with van der Waals surface area (Å²) in [4.78, 5) is 15.6. The molecule has 0 spiro atoms. The summed E-state index contributed by atoms with van der Waals surface area (Å²) in [5.41, 5.74) is 6.20. The van der Waals surface area contributed by atoms with Crippen LogP contribution in [0.25, 0.3) is 0 Å². The summed E-state index contributed by atoms with van der Waals surface area (Å²) in [6, 6.07) is 4.87. The van der Waals surface area contributed by atoms with E-state index in [4.69, 9.17) is 21.8 Å². The van der Waals surface area contributed by atoms with Crippen molar-refractivity contribution in [3.8, 4) is 0 Å². The van der Waals surface area contributed by atoms with Crippen LogP contribution in [0.2, 0.25) is 5.02 Å². The Kier molecular flexibility index (Phi) is 4.47. The Hall–Kier alpha value is -2.01. The minimum atomic E-state index is -0.563. The van der Waals surface area contributed by atoms with Crippen LogP contribution in [0.5, 0.6) is 0 Å². The molecule has 2 rings (SSSR count). The summed E-state index contributed by atoms with van der Waals surface area (Å²) < 4.78 is 5.79. The molecule has 1 unspecified atom stereocenters. The van der Waals surface area contributed by atoms with E-state index in [1.165, 1.54) is 0 Å². The number of aromatic nitrogens is 1. The first-order valence-electron chi connectivity index (χ1n) is 7.00. The second kappa shape index (κ2) is 6.01. The minimum absolute atomic E-state index is 0.0929. The van der Waals surface area contributed by atoms with Crippen LogP contribution in [-0.2, 0) is 5.41 Å². The van der Waals surface area contributed by atoms with Crippen LogP contribution in [0.4, 0.5) is 5.69 Å². The molecule has 0 saturated heterocycles. The maximum absolute atomic E-state index is 11.3. The molecule has 3 N–H and O–H groups in total. The number of benzene rings is 1. The van der Waals surface area contributed by atoms with Gasteiger partial charge in [-0.05, 0) is 25.1 Å². The van der Waals surface area contributed by atoms with E-state index in [1.807, 2.05) is 6.92 Å². The molecular formula is C16H20ClN3O2. The van der Waals surface area contributed by atoms with Gasteiger partial charge in [0.25, 0.3) is 0 Å². The highest BCUT2D eigenvalue weighted by Gasteiger charge is 2.21. The Balaban J connectivity index is 2.18. The first-order chi connectivity index (χ1) is 10.2. The molecule has 1 heterocycles. The quantitative estimate of drug-likeness (QED) is 0.894. The number of rotatable bonds is 4. The molecule has 118 valence electrons. The van der Waals surface area contributed by atoms with E-state index >= 15 is 0 Å². The largest absolute Gasteiger partial charge is 0.443 e. The Morgan fingerprint density at radius 2 is 2.09 bits per heavy atom. The Morgan fingerprint density at radius 3 is 2.64 bits per heavy atom. The molecule has 0 aliphatic heterocycles. The van der Waals surface area contributed by atoms with Gasteiger partial charge in [-0.2, -0.15) is 0 Å². The lowest BCUT2D eigenvalue weighted by atomic mass is 9.94. The Morgan fingerprint density at radius 1 is 1.41 bits per heavy atom. The fourth-order valence-electron chi connectivity index (χ4n) is 1.95. The summed E-state index contributed by atoms with van der Waals surface area (Å²) in [5, 5.41) is 3.55. The van der Waals surface area contributed by atoms with Gasteiger partial charge in [-0.3, -0.25) is 4.79 Å². The number of oxazole rings is 1. The van der Waals surface area contributed by atoms with E-state index in [1.54, 1.807) is 24.4 Å². The van der Waals surface area contributed by atoms with Gasteiger partial charge in [0.15, 0.2) is 0 Å². The first-order valence-corrected chi connectivity index (χ1v) is 7.38. The topological polar surface area (TPSA) is 81.1 Å². The van der Waals surface area contributed by atoms with Gasteiger partial charge >= 0.3 is 0 Å². The number of carbonyl (C=O) groups is 1. The van der Waals surface area contributed by atoms with Crippen molar-refractivity contribution in [3.63, 3.8) is 0 Å². The molecule has 1 atom stereocenters. The summed E-state index contributed by atoms with van der Waals surface area (Å²) in [5.74, 6) is 0.845. The monoisotopic (exact) mass is 321 g/mol. The highest BCUT2D eigenvalue weighted by atomic mass is 35.5. The molecule has 0 aliphatic carbocycles. The van der Waals surface area contributed by atoms with Crippen molar-refractivity contribution in [3.05, 3.63) is 46.6 Å². The molecule has 0 radical (unpaired) electrons. The Labute approximate surface area is 134 Å². The van der Waals surface area contributed by atoms with Gasteiger partial charge in [0.2, 0.25) is 11.8 Å². The zero-order chi connectivity index (χ0) is 16.5. The molecule has 1 aromatic heterocycles. The average Bonchev–Trinajstić information content (AvgIpc) is 2.90. The third-order valence-corrected chi connectivity index (χ3v) is 3.58. The van der Waals surface area contributed by atoms with Crippen LogP contribution in [0, 0.1) is 0 Å². The van der Waals surface area contributed by atoms with Crippen molar-refractivity contribution in [1.82, 2.24) is 4.98 Å². The van der Waals surface area contributed by atoms with Gasteiger partial charge < -0.3 is 15.5 Å². The predicted molar refractivity (Wildman–Crippen MR) is 87.2 cm³/mol. The number of halogens is 1.